The minimum atomic E-state index is -0.289. The second-order valence-electron chi connectivity index (χ2n) is 6.94. The number of carbonyl (C=O) groups excluding carboxylic acids is 2. The van der Waals surface area contributed by atoms with Gasteiger partial charge in [0.15, 0.2) is 5.13 Å². The fraction of sp³-hybridized carbons (Fsp3) is 0.130. The van der Waals surface area contributed by atoms with Gasteiger partial charge < -0.3 is 5.32 Å². The summed E-state index contributed by atoms with van der Waals surface area (Å²) in [4.78, 5) is 34.9. The second kappa shape index (κ2) is 10.7. The highest BCUT2D eigenvalue weighted by atomic mass is 32.2. The summed E-state index contributed by atoms with van der Waals surface area (Å²) >= 11 is 4.30. The number of aromatic nitrogens is 2. The van der Waals surface area contributed by atoms with E-state index < -0.39 is 0 Å². The molecule has 3 aromatic heterocycles. The summed E-state index contributed by atoms with van der Waals surface area (Å²) < 4.78 is 13.1. The molecule has 0 aliphatic heterocycles. The molecule has 168 valence electrons. The first kappa shape index (κ1) is 23.1. The molecule has 0 radical (unpaired) electrons. The maximum atomic E-state index is 13.1. The van der Waals surface area contributed by atoms with Crippen LogP contribution in [0.5, 0.6) is 0 Å². The number of hydrogen-bond acceptors (Lipinski definition) is 7. The highest BCUT2D eigenvalue weighted by Gasteiger charge is 2.16. The van der Waals surface area contributed by atoms with E-state index in [9.17, 15) is 14.0 Å². The van der Waals surface area contributed by atoms with Crippen molar-refractivity contribution in [2.24, 2.45) is 0 Å². The smallest absolute Gasteiger partial charge is 0.260 e. The van der Waals surface area contributed by atoms with Crippen LogP contribution < -0.4 is 10.6 Å². The van der Waals surface area contributed by atoms with Gasteiger partial charge in [0.1, 0.15) is 10.8 Å². The number of rotatable bonds is 8. The topological polar surface area (TPSA) is 84.0 Å². The average molecular weight is 499 g/mol. The summed E-state index contributed by atoms with van der Waals surface area (Å²) in [6.45, 7) is 1.96. The first-order chi connectivity index (χ1) is 16.0. The van der Waals surface area contributed by atoms with Crippen molar-refractivity contribution in [2.45, 2.75) is 24.2 Å². The summed E-state index contributed by atoms with van der Waals surface area (Å²) in [7, 11) is 0. The predicted molar refractivity (Wildman–Crippen MR) is 131 cm³/mol. The molecule has 6 nitrogen and oxygen atoms in total. The number of thioether (sulfide) groups is 1. The minimum absolute atomic E-state index is 0.0748. The Kier molecular flexibility index (Phi) is 7.48. The van der Waals surface area contributed by atoms with E-state index >= 15 is 0 Å². The van der Waals surface area contributed by atoms with E-state index in [0.717, 1.165) is 21.0 Å². The van der Waals surface area contributed by atoms with Crippen molar-refractivity contribution in [1.82, 2.24) is 15.3 Å². The Morgan fingerprint density at radius 3 is 2.73 bits per heavy atom. The van der Waals surface area contributed by atoms with E-state index in [-0.39, 0.29) is 17.6 Å². The van der Waals surface area contributed by atoms with Crippen LogP contribution in [0.1, 0.15) is 27.7 Å². The largest absolute Gasteiger partial charge is 0.351 e. The van der Waals surface area contributed by atoms with Gasteiger partial charge in [-0.25, -0.2) is 14.4 Å². The van der Waals surface area contributed by atoms with Crippen LogP contribution in [0.15, 0.2) is 65.1 Å². The van der Waals surface area contributed by atoms with Crippen LogP contribution in [0.25, 0.3) is 10.6 Å². The van der Waals surface area contributed by atoms with Crippen LogP contribution >= 0.6 is 34.4 Å². The quantitative estimate of drug-likeness (QED) is 0.310. The van der Waals surface area contributed by atoms with E-state index in [2.05, 4.69) is 20.6 Å². The molecule has 0 fully saturated rings. The van der Waals surface area contributed by atoms with E-state index in [0.29, 0.717) is 28.0 Å². The van der Waals surface area contributed by atoms with Crippen molar-refractivity contribution in [2.75, 3.05) is 5.32 Å². The Morgan fingerprint density at radius 2 is 1.94 bits per heavy atom. The van der Waals surface area contributed by atoms with Gasteiger partial charge in [-0.3, -0.25) is 14.9 Å². The van der Waals surface area contributed by atoms with Crippen molar-refractivity contribution < 1.29 is 14.0 Å². The standard InChI is InChI=1S/C23H19FN4O2S3/c1-14(29)26-11-17-8-9-20(33-17)19-13-32-23(27-19)28-21(30)18-3-2-10-25-22(18)31-12-15-4-6-16(24)7-5-15/h2-10,13H,11-12H2,1H3,(H,26,29)(H,27,28,30). The fourth-order valence-electron chi connectivity index (χ4n) is 2.84. The molecule has 0 unspecified atom stereocenters. The van der Waals surface area contributed by atoms with E-state index in [1.807, 2.05) is 17.5 Å². The monoisotopic (exact) mass is 498 g/mol. The van der Waals surface area contributed by atoms with Gasteiger partial charge >= 0.3 is 0 Å². The molecule has 0 spiro atoms. The van der Waals surface area contributed by atoms with Crippen molar-refractivity contribution >= 4 is 51.4 Å². The number of amides is 2. The molecule has 0 aliphatic carbocycles. The lowest BCUT2D eigenvalue weighted by Gasteiger charge is -2.07. The first-order valence-electron chi connectivity index (χ1n) is 9.90. The highest BCUT2D eigenvalue weighted by Crippen LogP contribution is 2.31. The Labute approximate surface area is 202 Å². The average Bonchev–Trinajstić information content (AvgIpc) is 3.47. The van der Waals surface area contributed by atoms with Gasteiger partial charge in [-0.15, -0.1) is 34.4 Å². The number of hydrogen-bond donors (Lipinski definition) is 2. The van der Waals surface area contributed by atoms with Crippen LogP contribution in [-0.4, -0.2) is 21.8 Å². The molecule has 10 heteroatoms. The van der Waals surface area contributed by atoms with Crippen LogP contribution in [0, 0.1) is 5.82 Å². The predicted octanol–water partition coefficient (Wildman–Crippen LogP) is 5.59. The Balaban J connectivity index is 1.41. The van der Waals surface area contributed by atoms with Gasteiger partial charge in [-0.2, -0.15) is 0 Å². The number of benzene rings is 1. The van der Waals surface area contributed by atoms with Gasteiger partial charge in [-0.1, -0.05) is 12.1 Å². The Hall–Kier alpha value is -3.08. The van der Waals surface area contributed by atoms with Crippen LogP contribution in [0.3, 0.4) is 0 Å². The molecule has 0 atom stereocenters. The number of nitrogens with one attached hydrogen (secondary N) is 2. The van der Waals surface area contributed by atoms with Gasteiger partial charge in [0.05, 0.1) is 22.7 Å². The van der Waals surface area contributed by atoms with Crippen molar-refractivity contribution in [1.29, 1.82) is 0 Å². The number of anilines is 1. The van der Waals surface area contributed by atoms with Crippen molar-refractivity contribution in [3.8, 4) is 10.6 Å². The van der Waals surface area contributed by atoms with Gasteiger partial charge in [0, 0.05) is 29.1 Å². The summed E-state index contributed by atoms with van der Waals surface area (Å²) in [6.07, 6.45) is 1.64. The molecule has 0 aliphatic rings. The van der Waals surface area contributed by atoms with E-state index in [1.165, 1.54) is 42.2 Å². The number of carbonyl (C=O) groups is 2. The third-order valence-corrected chi connectivity index (χ3v) is 7.40. The first-order valence-corrected chi connectivity index (χ1v) is 12.6. The summed E-state index contributed by atoms with van der Waals surface area (Å²) in [5.74, 6) is -0.0775. The molecule has 4 aromatic rings. The summed E-state index contributed by atoms with van der Waals surface area (Å²) in [5, 5.41) is 8.60. The number of thiophene rings is 1. The molecule has 2 amide bonds. The molecule has 4 rings (SSSR count). The van der Waals surface area contributed by atoms with Crippen molar-refractivity contribution in [3.05, 3.63) is 81.9 Å². The minimum Gasteiger partial charge on any atom is -0.351 e. The van der Waals surface area contributed by atoms with Crippen LogP contribution in [0.2, 0.25) is 0 Å². The lowest BCUT2D eigenvalue weighted by Crippen LogP contribution is -2.17. The molecule has 1 aromatic carbocycles. The van der Waals surface area contributed by atoms with Crippen LogP contribution in [0.4, 0.5) is 9.52 Å². The zero-order valence-corrected chi connectivity index (χ0v) is 20.0. The zero-order valence-electron chi connectivity index (χ0n) is 17.5. The Bertz CT molecular complexity index is 1270. The van der Waals surface area contributed by atoms with Crippen molar-refractivity contribution in [3.63, 3.8) is 0 Å². The third kappa shape index (κ3) is 6.25. The summed E-state index contributed by atoms with van der Waals surface area (Å²) in [6, 6.07) is 13.6. The van der Waals surface area contributed by atoms with Gasteiger partial charge in [-0.05, 0) is 42.0 Å². The lowest BCUT2D eigenvalue weighted by molar-refractivity contribution is -0.119. The van der Waals surface area contributed by atoms with E-state index in [4.69, 9.17) is 0 Å². The molecule has 3 heterocycles. The zero-order chi connectivity index (χ0) is 23.2. The SMILES string of the molecule is CC(=O)NCc1ccc(-c2csc(NC(=O)c3cccnc3SCc3ccc(F)cc3)n2)s1. The normalized spacial score (nSPS) is 10.7. The maximum absolute atomic E-state index is 13.1. The van der Waals surface area contributed by atoms with Gasteiger partial charge in [0.25, 0.3) is 5.91 Å². The number of nitrogens with zero attached hydrogens (tertiary/aromatic N) is 2. The molecule has 2 N–H and O–H groups in total. The maximum Gasteiger partial charge on any atom is 0.260 e. The molecule has 33 heavy (non-hydrogen) atoms. The third-order valence-electron chi connectivity index (χ3n) is 4.45. The van der Waals surface area contributed by atoms with Gasteiger partial charge in [0.2, 0.25) is 5.91 Å². The van der Waals surface area contributed by atoms with Crippen LogP contribution in [-0.2, 0) is 17.1 Å². The molecule has 0 saturated heterocycles. The fourth-order valence-corrected chi connectivity index (χ4v) is 5.48. The molecule has 0 saturated carbocycles. The van der Waals surface area contributed by atoms with E-state index in [1.54, 1.807) is 41.8 Å². The lowest BCUT2D eigenvalue weighted by atomic mass is 10.2. The highest BCUT2D eigenvalue weighted by molar-refractivity contribution is 7.98. The number of thiazole rings is 1. The number of halogens is 1. The molecule has 0 bridgehead atoms. The summed E-state index contributed by atoms with van der Waals surface area (Å²) in [5.41, 5.74) is 2.17. The molecular formula is C23H19FN4O2S3. The molecular weight excluding hydrogens is 479 g/mol. The second-order valence-corrected chi connectivity index (χ2v) is 9.93. The Morgan fingerprint density at radius 1 is 1.12 bits per heavy atom. The number of pyridine rings is 1.